The highest BCUT2D eigenvalue weighted by Gasteiger charge is 2.13. The average molecular weight is 250 g/mol. The first-order valence-corrected chi connectivity index (χ1v) is 7.20. The van der Waals surface area contributed by atoms with Gasteiger partial charge in [-0.25, -0.2) is 0 Å². The summed E-state index contributed by atoms with van der Waals surface area (Å²) in [7, 11) is 0. The summed E-state index contributed by atoms with van der Waals surface area (Å²) < 4.78 is 0. The number of carbonyl (C=O) groups excluding carboxylic acids is 1. The minimum atomic E-state index is 0.0486. The Bertz CT molecular complexity index is 297. The molecule has 2 atom stereocenters. The molecule has 104 valence electrons. The van der Waals surface area contributed by atoms with Crippen LogP contribution in [0.4, 0.5) is 0 Å². The molecule has 0 aliphatic heterocycles. The molecule has 0 aromatic rings. The SMILES string of the molecule is C/C=C/C(C)=C/[C@H](C)C(=O)CC[C@H](C)CC(C)C. The van der Waals surface area contributed by atoms with Crippen molar-refractivity contribution in [2.24, 2.45) is 17.8 Å². The fourth-order valence-electron chi connectivity index (χ4n) is 2.34. The van der Waals surface area contributed by atoms with Gasteiger partial charge in [0.2, 0.25) is 0 Å². The average Bonchev–Trinajstić information content (AvgIpc) is 2.25. The molecule has 0 N–H and O–H groups in total. The van der Waals surface area contributed by atoms with E-state index in [1.165, 1.54) is 12.0 Å². The molecule has 0 fully saturated rings. The highest BCUT2D eigenvalue weighted by Crippen LogP contribution is 2.18. The molecule has 0 aromatic carbocycles. The normalized spacial score (nSPS) is 16.3. The van der Waals surface area contributed by atoms with Crippen molar-refractivity contribution in [2.75, 3.05) is 0 Å². The second-order valence-corrected chi connectivity index (χ2v) is 5.94. The molecule has 0 aliphatic rings. The predicted molar refractivity (Wildman–Crippen MR) is 80.6 cm³/mol. The Morgan fingerprint density at radius 2 is 1.78 bits per heavy atom. The smallest absolute Gasteiger partial charge is 0.139 e. The summed E-state index contributed by atoms with van der Waals surface area (Å²) in [5.74, 6) is 1.80. The van der Waals surface area contributed by atoms with Gasteiger partial charge in [-0.05, 0) is 38.5 Å². The zero-order valence-corrected chi connectivity index (χ0v) is 13.0. The van der Waals surface area contributed by atoms with Crippen molar-refractivity contribution in [2.45, 2.75) is 60.8 Å². The van der Waals surface area contributed by atoms with Crippen LogP contribution < -0.4 is 0 Å². The van der Waals surface area contributed by atoms with Gasteiger partial charge in [-0.15, -0.1) is 0 Å². The summed E-state index contributed by atoms with van der Waals surface area (Å²) in [6.07, 6.45) is 9.08. The highest BCUT2D eigenvalue weighted by molar-refractivity contribution is 5.82. The standard InChI is InChI=1S/C17H30O/c1-7-8-14(4)12-16(6)17(18)10-9-15(5)11-13(2)3/h7-8,12-13,15-16H,9-11H2,1-6H3/b8-7+,14-12+/t15-,16-/m0/s1. The topological polar surface area (TPSA) is 17.1 Å². The van der Waals surface area contributed by atoms with E-state index in [9.17, 15) is 4.79 Å². The lowest BCUT2D eigenvalue weighted by Crippen LogP contribution is -2.11. The molecule has 18 heavy (non-hydrogen) atoms. The summed E-state index contributed by atoms with van der Waals surface area (Å²) in [4.78, 5) is 12.0. The van der Waals surface area contributed by atoms with E-state index in [1.807, 2.05) is 32.9 Å². The molecule has 0 rings (SSSR count). The van der Waals surface area contributed by atoms with Crippen LogP contribution in [0, 0.1) is 17.8 Å². The summed E-state index contributed by atoms with van der Waals surface area (Å²) in [5, 5.41) is 0. The van der Waals surface area contributed by atoms with E-state index in [4.69, 9.17) is 0 Å². The van der Waals surface area contributed by atoms with Gasteiger partial charge in [-0.3, -0.25) is 4.79 Å². The number of hydrogen-bond donors (Lipinski definition) is 0. The van der Waals surface area contributed by atoms with E-state index in [1.54, 1.807) is 0 Å². The number of carbonyl (C=O) groups is 1. The maximum atomic E-state index is 12.0. The van der Waals surface area contributed by atoms with Gasteiger partial charge in [-0.2, -0.15) is 0 Å². The van der Waals surface area contributed by atoms with Gasteiger partial charge in [0.15, 0.2) is 0 Å². The van der Waals surface area contributed by atoms with Crippen LogP contribution in [0.3, 0.4) is 0 Å². The highest BCUT2D eigenvalue weighted by atomic mass is 16.1. The molecular weight excluding hydrogens is 220 g/mol. The van der Waals surface area contributed by atoms with Crippen LogP contribution in [0.1, 0.15) is 60.8 Å². The van der Waals surface area contributed by atoms with E-state index < -0.39 is 0 Å². The van der Waals surface area contributed by atoms with E-state index >= 15 is 0 Å². The van der Waals surface area contributed by atoms with Crippen LogP contribution in [0.25, 0.3) is 0 Å². The fraction of sp³-hybridized carbons (Fsp3) is 0.706. The molecule has 0 saturated carbocycles. The molecular formula is C17H30O. The van der Waals surface area contributed by atoms with Crippen molar-refractivity contribution in [3.05, 3.63) is 23.8 Å². The van der Waals surface area contributed by atoms with Gasteiger partial charge in [0, 0.05) is 12.3 Å². The predicted octanol–water partition coefficient (Wildman–Crippen LogP) is 5.18. The third-order valence-electron chi connectivity index (χ3n) is 3.21. The first-order chi connectivity index (χ1) is 8.36. The Morgan fingerprint density at radius 3 is 2.28 bits per heavy atom. The lowest BCUT2D eigenvalue weighted by molar-refractivity contribution is -0.121. The van der Waals surface area contributed by atoms with Crippen molar-refractivity contribution >= 4 is 5.78 Å². The van der Waals surface area contributed by atoms with Crippen LogP contribution in [0.5, 0.6) is 0 Å². The molecule has 0 aromatic heterocycles. The zero-order valence-electron chi connectivity index (χ0n) is 13.0. The summed E-state index contributed by atoms with van der Waals surface area (Å²) >= 11 is 0. The zero-order chi connectivity index (χ0) is 14.1. The number of allylic oxidation sites excluding steroid dienone is 4. The minimum absolute atomic E-state index is 0.0486. The fourth-order valence-corrected chi connectivity index (χ4v) is 2.34. The van der Waals surface area contributed by atoms with Gasteiger partial charge >= 0.3 is 0 Å². The first-order valence-electron chi connectivity index (χ1n) is 7.20. The lowest BCUT2D eigenvalue weighted by atomic mass is 9.91. The Morgan fingerprint density at radius 1 is 1.17 bits per heavy atom. The monoisotopic (exact) mass is 250 g/mol. The molecule has 0 unspecified atom stereocenters. The number of Topliss-reactive ketones (excluding diaryl/α,β-unsaturated/α-hetero) is 1. The summed E-state index contributed by atoms with van der Waals surface area (Å²) in [6, 6.07) is 0. The van der Waals surface area contributed by atoms with Crippen molar-refractivity contribution in [1.82, 2.24) is 0 Å². The van der Waals surface area contributed by atoms with Gasteiger partial charge < -0.3 is 0 Å². The van der Waals surface area contributed by atoms with Crippen LogP contribution in [0.15, 0.2) is 23.8 Å². The van der Waals surface area contributed by atoms with Crippen molar-refractivity contribution in [1.29, 1.82) is 0 Å². The Kier molecular flexibility index (Phi) is 8.70. The maximum Gasteiger partial charge on any atom is 0.139 e. The van der Waals surface area contributed by atoms with Gasteiger partial charge in [0.05, 0.1) is 0 Å². The Hall–Kier alpha value is -0.850. The van der Waals surface area contributed by atoms with E-state index in [0.717, 1.165) is 12.3 Å². The van der Waals surface area contributed by atoms with Crippen molar-refractivity contribution in [3.63, 3.8) is 0 Å². The molecule has 0 bridgehead atoms. The number of ketones is 1. The molecule has 1 heteroatoms. The minimum Gasteiger partial charge on any atom is -0.299 e. The Labute approximate surface area is 113 Å². The molecule has 0 saturated heterocycles. The second kappa shape index (κ2) is 9.13. The summed E-state index contributed by atoms with van der Waals surface area (Å²) in [5.41, 5.74) is 1.17. The van der Waals surface area contributed by atoms with Gasteiger partial charge in [0.25, 0.3) is 0 Å². The van der Waals surface area contributed by atoms with E-state index in [-0.39, 0.29) is 5.92 Å². The van der Waals surface area contributed by atoms with Crippen molar-refractivity contribution < 1.29 is 4.79 Å². The van der Waals surface area contributed by atoms with Gasteiger partial charge in [0.1, 0.15) is 5.78 Å². The van der Waals surface area contributed by atoms with Crippen LogP contribution in [-0.2, 0) is 4.79 Å². The molecule has 0 heterocycles. The van der Waals surface area contributed by atoms with Crippen molar-refractivity contribution in [3.8, 4) is 0 Å². The molecule has 0 spiro atoms. The lowest BCUT2D eigenvalue weighted by Gasteiger charge is -2.14. The van der Waals surface area contributed by atoms with Crippen LogP contribution in [-0.4, -0.2) is 5.78 Å². The van der Waals surface area contributed by atoms with Crippen LogP contribution >= 0.6 is 0 Å². The van der Waals surface area contributed by atoms with Gasteiger partial charge in [-0.1, -0.05) is 51.5 Å². The molecule has 0 aliphatic carbocycles. The molecule has 1 nitrogen and oxygen atoms in total. The number of rotatable bonds is 8. The quantitative estimate of drug-likeness (QED) is 0.543. The van der Waals surface area contributed by atoms with Crippen LogP contribution in [0.2, 0.25) is 0 Å². The molecule has 0 amide bonds. The second-order valence-electron chi connectivity index (χ2n) is 5.94. The van der Waals surface area contributed by atoms with E-state index in [2.05, 4.69) is 26.8 Å². The third-order valence-corrected chi connectivity index (χ3v) is 3.21. The third kappa shape index (κ3) is 8.27. The number of hydrogen-bond acceptors (Lipinski definition) is 1. The summed E-state index contributed by atoms with van der Waals surface area (Å²) in [6.45, 7) is 12.8. The largest absolute Gasteiger partial charge is 0.299 e. The maximum absolute atomic E-state index is 12.0. The first kappa shape index (κ1) is 17.2. The molecule has 0 radical (unpaired) electrons. The Balaban J connectivity index is 4.13. The van der Waals surface area contributed by atoms with E-state index in [0.29, 0.717) is 18.1 Å².